The predicted octanol–water partition coefficient (Wildman–Crippen LogP) is 2.12. The van der Waals surface area contributed by atoms with Crippen molar-refractivity contribution in [3.63, 3.8) is 0 Å². The lowest BCUT2D eigenvalue weighted by molar-refractivity contribution is 0.102. The van der Waals surface area contributed by atoms with Crippen molar-refractivity contribution < 1.29 is 15.0 Å². The van der Waals surface area contributed by atoms with Gasteiger partial charge in [-0.3, -0.25) is 4.79 Å². The molecule has 0 heterocycles. The molecule has 0 atom stereocenters. The number of phenolic OH excluding ortho intramolecular Hbond substituents is 2. The first kappa shape index (κ1) is 13.9. The number of rotatable bonds is 3. The summed E-state index contributed by atoms with van der Waals surface area (Å²) < 4.78 is 0. The number of carbonyl (C=O) groups excluding carboxylic acids is 1. The Morgan fingerprint density at radius 2 is 1.95 bits per heavy atom. The maximum absolute atomic E-state index is 12.1. The lowest BCUT2D eigenvalue weighted by Gasteiger charge is -2.11. The van der Waals surface area contributed by atoms with Gasteiger partial charge in [-0.15, -0.1) is 0 Å². The van der Waals surface area contributed by atoms with Crippen LogP contribution in [0.3, 0.4) is 0 Å². The van der Waals surface area contributed by atoms with Crippen molar-refractivity contribution in [2.75, 3.05) is 5.32 Å². The highest BCUT2D eigenvalue weighted by molar-refractivity contribution is 6.06. The van der Waals surface area contributed by atoms with Gasteiger partial charge in [0.05, 0.1) is 5.56 Å². The minimum Gasteiger partial charge on any atom is -0.508 e. The van der Waals surface area contributed by atoms with E-state index in [1.807, 2.05) is 19.1 Å². The number of aryl methyl sites for hydroxylation is 1. The van der Waals surface area contributed by atoms with Gasteiger partial charge in [-0.2, -0.15) is 0 Å². The molecule has 0 aliphatic heterocycles. The molecule has 2 rings (SSSR count). The van der Waals surface area contributed by atoms with Crippen LogP contribution in [0.1, 0.15) is 21.5 Å². The summed E-state index contributed by atoms with van der Waals surface area (Å²) in [4.78, 5) is 12.1. The van der Waals surface area contributed by atoms with Gasteiger partial charge in [0.2, 0.25) is 0 Å². The Kier molecular flexibility index (Phi) is 3.91. The second kappa shape index (κ2) is 5.63. The van der Waals surface area contributed by atoms with Crippen molar-refractivity contribution in [2.45, 2.75) is 13.5 Å². The van der Waals surface area contributed by atoms with E-state index in [4.69, 9.17) is 5.73 Å². The van der Waals surface area contributed by atoms with Gasteiger partial charge in [-0.05, 0) is 36.2 Å². The van der Waals surface area contributed by atoms with E-state index in [0.29, 0.717) is 12.2 Å². The van der Waals surface area contributed by atoms with Crippen molar-refractivity contribution in [3.05, 3.63) is 53.1 Å². The minimum absolute atomic E-state index is 0.0969. The highest BCUT2D eigenvalue weighted by atomic mass is 16.3. The zero-order valence-corrected chi connectivity index (χ0v) is 11.1. The first-order valence-electron chi connectivity index (χ1n) is 6.14. The Balaban J connectivity index is 2.27. The van der Waals surface area contributed by atoms with Gasteiger partial charge in [0, 0.05) is 18.3 Å². The third-order valence-electron chi connectivity index (χ3n) is 3.01. The van der Waals surface area contributed by atoms with Crippen molar-refractivity contribution in [1.82, 2.24) is 0 Å². The normalized spacial score (nSPS) is 10.3. The molecule has 20 heavy (non-hydrogen) atoms. The van der Waals surface area contributed by atoms with Gasteiger partial charge in [0.25, 0.3) is 5.91 Å². The third kappa shape index (κ3) is 2.89. The van der Waals surface area contributed by atoms with E-state index in [1.54, 1.807) is 6.07 Å². The molecular formula is C15H16N2O3. The molecule has 104 valence electrons. The van der Waals surface area contributed by atoms with Crippen LogP contribution in [0.4, 0.5) is 5.69 Å². The largest absolute Gasteiger partial charge is 0.508 e. The molecule has 0 saturated carbocycles. The zero-order chi connectivity index (χ0) is 14.7. The summed E-state index contributed by atoms with van der Waals surface area (Å²) in [5.74, 6) is -0.810. The molecule has 2 aromatic rings. The summed E-state index contributed by atoms with van der Waals surface area (Å²) in [5.41, 5.74) is 8.11. The third-order valence-corrected chi connectivity index (χ3v) is 3.01. The van der Waals surface area contributed by atoms with E-state index in [9.17, 15) is 15.0 Å². The second-order valence-electron chi connectivity index (χ2n) is 4.51. The molecule has 0 aliphatic carbocycles. The molecule has 0 fully saturated rings. The fourth-order valence-corrected chi connectivity index (χ4v) is 1.83. The number of amides is 1. The monoisotopic (exact) mass is 272 g/mol. The highest BCUT2D eigenvalue weighted by Crippen LogP contribution is 2.24. The number of hydrogen-bond acceptors (Lipinski definition) is 4. The number of aromatic hydroxyl groups is 2. The lowest BCUT2D eigenvalue weighted by atomic mass is 10.1. The van der Waals surface area contributed by atoms with Crippen molar-refractivity contribution in [1.29, 1.82) is 0 Å². The Morgan fingerprint density at radius 1 is 1.20 bits per heavy atom. The van der Waals surface area contributed by atoms with Crippen LogP contribution in [0.5, 0.6) is 11.5 Å². The molecule has 0 bridgehead atoms. The smallest absolute Gasteiger partial charge is 0.259 e. The summed E-state index contributed by atoms with van der Waals surface area (Å²) >= 11 is 0. The van der Waals surface area contributed by atoms with Crippen LogP contribution >= 0.6 is 0 Å². The van der Waals surface area contributed by atoms with Crippen molar-refractivity contribution in [3.8, 4) is 11.5 Å². The Labute approximate surface area is 116 Å². The van der Waals surface area contributed by atoms with Gasteiger partial charge >= 0.3 is 0 Å². The molecule has 5 nitrogen and oxygen atoms in total. The maximum atomic E-state index is 12.1. The van der Waals surface area contributed by atoms with E-state index < -0.39 is 5.91 Å². The summed E-state index contributed by atoms with van der Waals surface area (Å²) in [5, 5.41) is 21.6. The standard InChI is InChI=1S/C15H16N2O3/c1-9-2-3-10(8-16)6-13(9)17-15(20)12-5-4-11(18)7-14(12)19/h2-7,18-19H,8,16H2,1H3,(H,17,20). The summed E-state index contributed by atoms with van der Waals surface area (Å²) in [6, 6.07) is 9.39. The molecule has 5 heteroatoms. The molecule has 0 aliphatic rings. The van der Waals surface area contributed by atoms with Gasteiger partial charge < -0.3 is 21.3 Å². The number of anilines is 1. The number of benzene rings is 2. The number of nitrogens with one attached hydrogen (secondary N) is 1. The fourth-order valence-electron chi connectivity index (χ4n) is 1.83. The predicted molar refractivity (Wildman–Crippen MR) is 76.8 cm³/mol. The number of nitrogens with two attached hydrogens (primary N) is 1. The van der Waals surface area contributed by atoms with Gasteiger partial charge in [-0.25, -0.2) is 0 Å². The second-order valence-corrected chi connectivity index (χ2v) is 4.51. The van der Waals surface area contributed by atoms with Crippen LogP contribution in [0, 0.1) is 6.92 Å². The Morgan fingerprint density at radius 3 is 2.60 bits per heavy atom. The molecule has 0 radical (unpaired) electrons. The number of hydrogen-bond donors (Lipinski definition) is 4. The number of phenols is 2. The van der Waals surface area contributed by atoms with Crippen LogP contribution in [0.2, 0.25) is 0 Å². The molecular weight excluding hydrogens is 256 g/mol. The molecule has 1 amide bonds. The first-order chi connectivity index (χ1) is 9.51. The van der Waals surface area contributed by atoms with E-state index >= 15 is 0 Å². The van der Waals surface area contributed by atoms with Crippen LogP contribution in [-0.4, -0.2) is 16.1 Å². The highest BCUT2D eigenvalue weighted by Gasteiger charge is 2.13. The summed E-state index contributed by atoms with van der Waals surface area (Å²) in [7, 11) is 0. The average molecular weight is 272 g/mol. The lowest BCUT2D eigenvalue weighted by Crippen LogP contribution is -2.13. The average Bonchev–Trinajstić information content (AvgIpc) is 2.41. The van der Waals surface area contributed by atoms with Gasteiger partial charge in [0.15, 0.2) is 0 Å². The molecule has 0 unspecified atom stereocenters. The topological polar surface area (TPSA) is 95.6 Å². The molecule has 0 saturated heterocycles. The summed E-state index contributed by atoms with van der Waals surface area (Å²) in [6.07, 6.45) is 0. The maximum Gasteiger partial charge on any atom is 0.259 e. The molecule has 2 aromatic carbocycles. The fraction of sp³-hybridized carbons (Fsp3) is 0.133. The van der Waals surface area contributed by atoms with Crippen molar-refractivity contribution >= 4 is 11.6 Å². The first-order valence-corrected chi connectivity index (χ1v) is 6.14. The SMILES string of the molecule is Cc1ccc(CN)cc1NC(=O)c1ccc(O)cc1O. The van der Waals surface area contributed by atoms with Crippen LogP contribution < -0.4 is 11.1 Å². The Hall–Kier alpha value is -2.53. The van der Waals surface area contributed by atoms with Gasteiger partial charge in [-0.1, -0.05) is 12.1 Å². The van der Waals surface area contributed by atoms with E-state index in [1.165, 1.54) is 12.1 Å². The van der Waals surface area contributed by atoms with Crippen LogP contribution in [-0.2, 0) is 6.54 Å². The van der Waals surface area contributed by atoms with E-state index in [0.717, 1.165) is 17.2 Å². The molecule has 5 N–H and O–H groups in total. The molecule has 0 aromatic heterocycles. The zero-order valence-electron chi connectivity index (χ0n) is 11.1. The number of carbonyl (C=O) groups is 1. The van der Waals surface area contributed by atoms with E-state index in [2.05, 4.69) is 5.32 Å². The quantitative estimate of drug-likeness (QED) is 0.688. The Bertz CT molecular complexity index is 654. The minimum atomic E-state index is -0.445. The van der Waals surface area contributed by atoms with Crippen LogP contribution in [0.25, 0.3) is 0 Å². The van der Waals surface area contributed by atoms with Crippen LogP contribution in [0.15, 0.2) is 36.4 Å². The van der Waals surface area contributed by atoms with Gasteiger partial charge in [0.1, 0.15) is 11.5 Å². The van der Waals surface area contributed by atoms with E-state index in [-0.39, 0.29) is 17.1 Å². The summed E-state index contributed by atoms with van der Waals surface area (Å²) in [6.45, 7) is 2.25. The van der Waals surface area contributed by atoms with Crippen molar-refractivity contribution in [2.24, 2.45) is 5.73 Å². The molecule has 0 spiro atoms.